The molecule has 0 radical (unpaired) electrons. The lowest BCUT2D eigenvalue weighted by Gasteiger charge is -2.03. The van der Waals surface area contributed by atoms with E-state index in [9.17, 15) is 0 Å². The maximum Gasteiger partial charge on any atom is 0.227 e. The van der Waals surface area contributed by atoms with Crippen LogP contribution in [0.15, 0.2) is 52.9 Å². The van der Waals surface area contributed by atoms with Gasteiger partial charge in [0, 0.05) is 11.1 Å². The summed E-state index contributed by atoms with van der Waals surface area (Å²) in [6, 6.07) is 15.6. The first-order chi connectivity index (χ1) is 11.2. The molecule has 5 heteroatoms. The monoisotopic (exact) mass is 302 g/mol. The minimum Gasteiger partial charge on any atom is -0.436 e. The standard InChI is InChI=1S/C18H14N4O/c1-11-19-12(2)21-17(20-11)13-7-9-14(10-8-13)18-22-15-5-3-4-6-16(15)23-18/h3-10H,1-2H3. The van der Waals surface area contributed by atoms with Crippen LogP contribution >= 0.6 is 0 Å². The van der Waals surface area contributed by atoms with E-state index in [0.717, 1.165) is 33.9 Å². The molecule has 0 saturated carbocycles. The third-order valence-corrected chi connectivity index (χ3v) is 3.54. The first kappa shape index (κ1) is 13.6. The van der Waals surface area contributed by atoms with Gasteiger partial charge in [-0.25, -0.2) is 19.9 Å². The summed E-state index contributed by atoms with van der Waals surface area (Å²) in [5, 5.41) is 0. The molecule has 0 atom stereocenters. The summed E-state index contributed by atoms with van der Waals surface area (Å²) < 4.78 is 5.79. The Labute approximate surface area is 133 Å². The van der Waals surface area contributed by atoms with E-state index in [-0.39, 0.29) is 0 Å². The van der Waals surface area contributed by atoms with Crippen molar-refractivity contribution in [2.24, 2.45) is 0 Å². The van der Waals surface area contributed by atoms with Crippen LogP contribution in [0.4, 0.5) is 0 Å². The molecule has 2 aromatic carbocycles. The first-order valence-corrected chi connectivity index (χ1v) is 7.35. The quantitative estimate of drug-likeness (QED) is 0.560. The molecule has 0 amide bonds. The van der Waals surface area contributed by atoms with Gasteiger partial charge in [0.05, 0.1) is 0 Å². The zero-order chi connectivity index (χ0) is 15.8. The van der Waals surface area contributed by atoms with Crippen LogP contribution in [0, 0.1) is 13.8 Å². The topological polar surface area (TPSA) is 64.7 Å². The molecular weight excluding hydrogens is 288 g/mol. The van der Waals surface area contributed by atoms with Crippen molar-refractivity contribution < 1.29 is 4.42 Å². The van der Waals surface area contributed by atoms with Crippen molar-refractivity contribution in [3.63, 3.8) is 0 Å². The first-order valence-electron chi connectivity index (χ1n) is 7.35. The predicted molar refractivity (Wildman–Crippen MR) is 87.7 cm³/mol. The maximum absolute atomic E-state index is 5.79. The van der Waals surface area contributed by atoms with E-state index in [0.29, 0.717) is 11.7 Å². The predicted octanol–water partition coefficient (Wildman–Crippen LogP) is 3.96. The van der Waals surface area contributed by atoms with Crippen molar-refractivity contribution in [3.05, 3.63) is 60.2 Å². The Balaban J connectivity index is 1.72. The van der Waals surface area contributed by atoms with Crippen LogP contribution in [0.1, 0.15) is 11.6 Å². The molecule has 2 aromatic heterocycles. The molecule has 0 aliphatic carbocycles. The lowest BCUT2D eigenvalue weighted by atomic mass is 10.1. The Morgan fingerprint density at radius 1 is 0.696 bits per heavy atom. The number of hydrogen-bond acceptors (Lipinski definition) is 5. The molecule has 112 valence electrons. The van der Waals surface area contributed by atoms with Crippen molar-refractivity contribution in [1.29, 1.82) is 0 Å². The van der Waals surface area contributed by atoms with Crippen LogP contribution in [0.2, 0.25) is 0 Å². The Morgan fingerprint density at radius 2 is 1.35 bits per heavy atom. The van der Waals surface area contributed by atoms with Crippen LogP contribution in [0.3, 0.4) is 0 Å². The molecule has 0 saturated heterocycles. The van der Waals surface area contributed by atoms with Crippen molar-refractivity contribution in [2.75, 3.05) is 0 Å². The minimum absolute atomic E-state index is 0.612. The number of fused-ring (bicyclic) bond motifs is 1. The highest BCUT2D eigenvalue weighted by atomic mass is 16.3. The van der Waals surface area contributed by atoms with Crippen LogP contribution in [-0.2, 0) is 0 Å². The largest absolute Gasteiger partial charge is 0.436 e. The van der Waals surface area contributed by atoms with Crippen LogP contribution in [0.25, 0.3) is 33.9 Å². The number of benzene rings is 2. The molecule has 2 heterocycles. The molecule has 0 bridgehead atoms. The average Bonchev–Trinajstić information content (AvgIpc) is 2.98. The van der Waals surface area contributed by atoms with Gasteiger partial charge >= 0.3 is 0 Å². The molecule has 4 rings (SSSR count). The highest BCUT2D eigenvalue weighted by Crippen LogP contribution is 2.26. The molecule has 0 unspecified atom stereocenters. The number of nitrogens with zero attached hydrogens (tertiary/aromatic N) is 4. The van der Waals surface area contributed by atoms with Gasteiger partial charge in [-0.1, -0.05) is 24.3 Å². The van der Waals surface area contributed by atoms with Crippen molar-refractivity contribution in [2.45, 2.75) is 13.8 Å². The zero-order valence-electron chi connectivity index (χ0n) is 12.8. The molecule has 0 aliphatic rings. The number of para-hydroxylation sites is 2. The summed E-state index contributed by atoms with van der Waals surface area (Å²) in [7, 11) is 0. The Hall–Kier alpha value is -3.08. The summed E-state index contributed by atoms with van der Waals surface area (Å²) in [5.41, 5.74) is 3.51. The molecule has 0 aliphatic heterocycles. The average molecular weight is 302 g/mol. The van der Waals surface area contributed by atoms with E-state index in [1.165, 1.54) is 0 Å². The number of aryl methyl sites for hydroxylation is 2. The summed E-state index contributed by atoms with van der Waals surface area (Å²) in [5.74, 6) is 2.73. The fraction of sp³-hybridized carbons (Fsp3) is 0.111. The van der Waals surface area contributed by atoms with Gasteiger partial charge in [-0.2, -0.15) is 0 Å². The van der Waals surface area contributed by atoms with Crippen molar-refractivity contribution in [3.8, 4) is 22.8 Å². The van der Waals surface area contributed by atoms with Gasteiger partial charge in [0.1, 0.15) is 17.2 Å². The second kappa shape index (κ2) is 5.28. The Bertz CT molecular complexity index is 936. The molecule has 23 heavy (non-hydrogen) atoms. The second-order valence-corrected chi connectivity index (χ2v) is 5.32. The van der Waals surface area contributed by atoms with Crippen LogP contribution < -0.4 is 0 Å². The van der Waals surface area contributed by atoms with E-state index >= 15 is 0 Å². The van der Waals surface area contributed by atoms with E-state index in [1.54, 1.807) is 0 Å². The van der Waals surface area contributed by atoms with Gasteiger partial charge in [-0.15, -0.1) is 0 Å². The molecule has 4 aromatic rings. The van der Waals surface area contributed by atoms with E-state index in [1.807, 2.05) is 62.4 Å². The fourth-order valence-corrected chi connectivity index (χ4v) is 2.50. The fourth-order valence-electron chi connectivity index (χ4n) is 2.50. The maximum atomic E-state index is 5.79. The number of hydrogen-bond donors (Lipinski definition) is 0. The van der Waals surface area contributed by atoms with Gasteiger partial charge in [-0.3, -0.25) is 0 Å². The molecule has 0 spiro atoms. The van der Waals surface area contributed by atoms with Crippen LogP contribution in [0.5, 0.6) is 0 Å². The van der Waals surface area contributed by atoms with Gasteiger partial charge in [0.15, 0.2) is 11.4 Å². The molecule has 0 fully saturated rings. The lowest BCUT2D eigenvalue weighted by Crippen LogP contribution is -1.98. The SMILES string of the molecule is Cc1nc(C)nc(-c2ccc(-c3nc4ccccc4o3)cc2)n1. The van der Waals surface area contributed by atoms with Crippen molar-refractivity contribution >= 4 is 11.1 Å². The number of oxazole rings is 1. The highest BCUT2D eigenvalue weighted by molar-refractivity contribution is 5.76. The van der Waals surface area contributed by atoms with Gasteiger partial charge < -0.3 is 4.42 Å². The third kappa shape index (κ3) is 2.57. The number of rotatable bonds is 2. The highest BCUT2D eigenvalue weighted by Gasteiger charge is 2.09. The molecule has 0 N–H and O–H groups in total. The van der Waals surface area contributed by atoms with Gasteiger partial charge in [0.2, 0.25) is 5.89 Å². The van der Waals surface area contributed by atoms with E-state index in [2.05, 4.69) is 19.9 Å². The Kier molecular flexibility index (Phi) is 3.12. The van der Waals surface area contributed by atoms with E-state index < -0.39 is 0 Å². The zero-order valence-corrected chi connectivity index (χ0v) is 12.8. The summed E-state index contributed by atoms with van der Waals surface area (Å²) in [6.45, 7) is 3.73. The smallest absolute Gasteiger partial charge is 0.227 e. The van der Waals surface area contributed by atoms with Gasteiger partial charge in [-0.05, 0) is 38.1 Å². The summed E-state index contributed by atoms with van der Waals surface area (Å²) >= 11 is 0. The second-order valence-electron chi connectivity index (χ2n) is 5.32. The molecule has 5 nitrogen and oxygen atoms in total. The van der Waals surface area contributed by atoms with Crippen molar-refractivity contribution in [1.82, 2.24) is 19.9 Å². The third-order valence-electron chi connectivity index (χ3n) is 3.54. The van der Waals surface area contributed by atoms with Gasteiger partial charge in [0.25, 0.3) is 0 Å². The minimum atomic E-state index is 0.612. The number of aromatic nitrogens is 4. The van der Waals surface area contributed by atoms with Crippen LogP contribution in [-0.4, -0.2) is 19.9 Å². The molecular formula is C18H14N4O. The van der Waals surface area contributed by atoms with E-state index in [4.69, 9.17) is 4.42 Å². The summed E-state index contributed by atoms with van der Waals surface area (Å²) in [6.07, 6.45) is 0. The summed E-state index contributed by atoms with van der Waals surface area (Å²) in [4.78, 5) is 17.5. The lowest BCUT2D eigenvalue weighted by molar-refractivity contribution is 0.620. The Morgan fingerprint density at radius 3 is 2.04 bits per heavy atom. The normalized spacial score (nSPS) is 11.0.